The Kier molecular flexibility index (Phi) is 4.36. The van der Waals surface area contributed by atoms with Crippen LogP contribution >= 0.6 is 0 Å². The monoisotopic (exact) mass is 215 g/mol. The van der Waals surface area contributed by atoms with Gasteiger partial charge in [0.1, 0.15) is 0 Å². The molecule has 0 aliphatic rings. The van der Waals surface area contributed by atoms with Gasteiger partial charge in [0.05, 0.1) is 0 Å². The first-order chi connectivity index (χ1) is 7.66. The van der Waals surface area contributed by atoms with Crippen LogP contribution in [-0.4, -0.2) is 4.57 Å². The molecule has 86 valence electrons. The van der Waals surface area contributed by atoms with E-state index >= 15 is 0 Å². The molecular formula is C15H21N. The highest BCUT2D eigenvalue weighted by Gasteiger charge is 2.00. The van der Waals surface area contributed by atoms with Crippen LogP contribution in [0.1, 0.15) is 25.1 Å². The highest BCUT2D eigenvalue weighted by molar-refractivity contribution is 5.63. The molecule has 0 aliphatic carbocycles. The Bertz CT molecular complexity index is 415. The number of aryl methyl sites for hydroxylation is 3. The summed E-state index contributed by atoms with van der Waals surface area (Å²) in [6, 6.07) is 10.9. The highest BCUT2D eigenvalue weighted by atomic mass is 14.9. The fraction of sp³-hybridized carbons (Fsp3) is 0.333. The first-order valence-electron chi connectivity index (χ1n) is 5.87. The second kappa shape index (κ2) is 5.55. The van der Waals surface area contributed by atoms with E-state index in [-0.39, 0.29) is 0 Å². The van der Waals surface area contributed by atoms with Gasteiger partial charge in [-0.15, -0.1) is 0 Å². The summed E-state index contributed by atoms with van der Waals surface area (Å²) in [5.41, 5.74) is 5.19. The van der Waals surface area contributed by atoms with E-state index in [1.54, 1.807) is 0 Å². The highest BCUT2D eigenvalue weighted by Crippen LogP contribution is 2.21. The Morgan fingerprint density at radius 1 is 0.875 bits per heavy atom. The fourth-order valence-corrected chi connectivity index (χ4v) is 1.58. The van der Waals surface area contributed by atoms with E-state index in [1.165, 1.54) is 22.4 Å². The van der Waals surface area contributed by atoms with Crippen LogP contribution in [0.4, 0.5) is 0 Å². The van der Waals surface area contributed by atoms with Crippen molar-refractivity contribution in [3.8, 4) is 11.1 Å². The maximum Gasteiger partial charge on any atom is 0.0147 e. The van der Waals surface area contributed by atoms with Crippen LogP contribution < -0.4 is 0 Å². The maximum atomic E-state index is 2.21. The molecule has 0 bridgehead atoms. The molecular weight excluding hydrogens is 194 g/mol. The molecule has 1 heterocycles. The van der Waals surface area contributed by atoms with E-state index in [1.807, 2.05) is 13.8 Å². The van der Waals surface area contributed by atoms with Gasteiger partial charge in [0.15, 0.2) is 0 Å². The minimum Gasteiger partial charge on any atom is -0.354 e. The average Bonchev–Trinajstić information content (AvgIpc) is 2.63. The third-order valence-corrected chi connectivity index (χ3v) is 2.64. The molecule has 16 heavy (non-hydrogen) atoms. The number of hydrogen-bond donors (Lipinski definition) is 0. The number of benzene rings is 1. The van der Waals surface area contributed by atoms with Crippen LogP contribution in [0.3, 0.4) is 0 Å². The van der Waals surface area contributed by atoms with Crippen molar-refractivity contribution in [3.05, 3.63) is 47.8 Å². The van der Waals surface area contributed by atoms with Gasteiger partial charge < -0.3 is 4.57 Å². The van der Waals surface area contributed by atoms with Crippen molar-refractivity contribution in [2.75, 3.05) is 0 Å². The third kappa shape index (κ3) is 2.75. The summed E-state index contributed by atoms with van der Waals surface area (Å²) in [5, 5.41) is 0. The molecule has 1 heteroatoms. The van der Waals surface area contributed by atoms with Crippen LogP contribution in [0, 0.1) is 13.8 Å². The van der Waals surface area contributed by atoms with Crippen LogP contribution in [0.25, 0.3) is 11.1 Å². The van der Waals surface area contributed by atoms with Crippen LogP contribution in [0.15, 0.2) is 36.5 Å². The van der Waals surface area contributed by atoms with Crippen molar-refractivity contribution in [3.63, 3.8) is 0 Å². The molecule has 0 saturated heterocycles. The number of aromatic nitrogens is 1. The lowest BCUT2D eigenvalue weighted by atomic mass is 10.1. The summed E-state index contributed by atoms with van der Waals surface area (Å²) in [7, 11) is 2.08. The lowest BCUT2D eigenvalue weighted by molar-refractivity contribution is 0.883. The largest absolute Gasteiger partial charge is 0.354 e. The van der Waals surface area contributed by atoms with Gasteiger partial charge in [-0.05, 0) is 31.0 Å². The molecule has 2 rings (SSSR count). The van der Waals surface area contributed by atoms with Gasteiger partial charge in [-0.1, -0.05) is 43.7 Å². The zero-order valence-electron chi connectivity index (χ0n) is 10.9. The molecule has 1 nitrogen and oxygen atoms in total. The first kappa shape index (κ1) is 12.6. The van der Waals surface area contributed by atoms with Crippen LogP contribution in [0.5, 0.6) is 0 Å². The van der Waals surface area contributed by atoms with Crippen molar-refractivity contribution >= 4 is 0 Å². The average molecular weight is 215 g/mol. The van der Waals surface area contributed by atoms with E-state index in [0.717, 1.165) is 0 Å². The Hall–Kier alpha value is -1.50. The van der Waals surface area contributed by atoms with Gasteiger partial charge in [0.25, 0.3) is 0 Å². The predicted octanol–water partition coefficient (Wildman–Crippen LogP) is 4.34. The van der Waals surface area contributed by atoms with E-state index < -0.39 is 0 Å². The first-order valence-corrected chi connectivity index (χ1v) is 5.87. The number of rotatable bonds is 1. The summed E-state index contributed by atoms with van der Waals surface area (Å²) in [5.74, 6) is 0. The zero-order valence-corrected chi connectivity index (χ0v) is 10.9. The summed E-state index contributed by atoms with van der Waals surface area (Å²) >= 11 is 0. The van der Waals surface area contributed by atoms with Crippen LogP contribution in [-0.2, 0) is 7.05 Å². The minimum absolute atomic E-state index is 1.29. The predicted molar refractivity (Wildman–Crippen MR) is 71.7 cm³/mol. The molecule has 2 aromatic rings. The van der Waals surface area contributed by atoms with E-state index in [2.05, 4.69) is 62.0 Å². The van der Waals surface area contributed by atoms with Gasteiger partial charge in [0.2, 0.25) is 0 Å². The van der Waals surface area contributed by atoms with E-state index in [4.69, 9.17) is 0 Å². The van der Waals surface area contributed by atoms with Crippen molar-refractivity contribution < 1.29 is 0 Å². The molecule has 0 fully saturated rings. The van der Waals surface area contributed by atoms with Crippen molar-refractivity contribution in [2.45, 2.75) is 27.7 Å². The summed E-state index contributed by atoms with van der Waals surface area (Å²) in [6.07, 6.45) is 2.17. The van der Waals surface area contributed by atoms with E-state index in [0.29, 0.717) is 0 Å². The topological polar surface area (TPSA) is 4.93 Å². The Morgan fingerprint density at radius 3 is 1.88 bits per heavy atom. The molecule has 0 spiro atoms. The summed E-state index contributed by atoms with van der Waals surface area (Å²) in [6.45, 7) is 8.23. The molecule has 0 aliphatic heterocycles. The second-order valence-corrected chi connectivity index (χ2v) is 3.85. The SMILES string of the molecule is CC.Cc1ccc(-c2cc(C)n(C)c2)cc1. The lowest BCUT2D eigenvalue weighted by Crippen LogP contribution is -1.85. The van der Waals surface area contributed by atoms with Gasteiger partial charge in [-0.2, -0.15) is 0 Å². The zero-order chi connectivity index (χ0) is 12.1. The van der Waals surface area contributed by atoms with Gasteiger partial charge in [0, 0.05) is 18.9 Å². The summed E-state index contributed by atoms with van der Waals surface area (Å²) < 4.78 is 2.15. The summed E-state index contributed by atoms with van der Waals surface area (Å²) in [4.78, 5) is 0. The lowest BCUT2D eigenvalue weighted by Gasteiger charge is -1.97. The normalized spacial score (nSPS) is 9.56. The number of nitrogens with zero attached hydrogens (tertiary/aromatic N) is 1. The third-order valence-electron chi connectivity index (χ3n) is 2.64. The molecule has 0 unspecified atom stereocenters. The molecule has 0 radical (unpaired) electrons. The molecule has 1 aromatic heterocycles. The quantitative estimate of drug-likeness (QED) is 0.667. The van der Waals surface area contributed by atoms with Gasteiger partial charge >= 0.3 is 0 Å². The van der Waals surface area contributed by atoms with Crippen molar-refractivity contribution in [2.24, 2.45) is 7.05 Å². The Morgan fingerprint density at radius 2 is 1.44 bits per heavy atom. The standard InChI is InChI=1S/C13H15N.C2H6/c1-10-4-6-12(7-5-10)13-8-11(2)14(3)9-13;1-2/h4-9H,1-3H3;1-2H3. The van der Waals surface area contributed by atoms with Crippen LogP contribution in [0.2, 0.25) is 0 Å². The fourth-order valence-electron chi connectivity index (χ4n) is 1.58. The van der Waals surface area contributed by atoms with Crippen molar-refractivity contribution in [1.82, 2.24) is 4.57 Å². The molecule has 0 atom stereocenters. The smallest absolute Gasteiger partial charge is 0.0147 e. The Balaban J connectivity index is 0.000000606. The van der Waals surface area contributed by atoms with Crippen molar-refractivity contribution in [1.29, 1.82) is 0 Å². The molecule has 1 aromatic carbocycles. The molecule has 0 saturated carbocycles. The molecule has 0 N–H and O–H groups in total. The van der Waals surface area contributed by atoms with E-state index in [9.17, 15) is 0 Å². The second-order valence-electron chi connectivity index (χ2n) is 3.85. The number of hydrogen-bond acceptors (Lipinski definition) is 0. The maximum absolute atomic E-state index is 2.21. The van der Waals surface area contributed by atoms with Gasteiger partial charge in [-0.25, -0.2) is 0 Å². The Labute approximate surface area is 98.7 Å². The minimum atomic E-state index is 1.29. The van der Waals surface area contributed by atoms with Gasteiger partial charge in [-0.3, -0.25) is 0 Å². The molecule has 0 amide bonds.